The fourth-order valence-electron chi connectivity index (χ4n) is 8.30. The van der Waals surface area contributed by atoms with E-state index in [-0.39, 0.29) is 29.4 Å². The van der Waals surface area contributed by atoms with Crippen LogP contribution in [-0.4, -0.2) is 93.9 Å². The number of fused-ring (bicyclic) bond motifs is 1. The Kier molecular flexibility index (Phi) is 12.0. The molecule has 7 rings (SSSR count). The minimum Gasteiger partial charge on any atom is -0.495 e. The first-order valence-corrected chi connectivity index (χ1v) is 20.1. The zero-order valence-electron chi connectivity index (χ0n) is 33.6. The largest absolute Gasteiger partial charge is 0.495 e. The summed E-state index contributed by atoms with van der Waals surface area (Å²) in [7, 11) is 1.55. The molecule has 2 aromatic heterocycles. The maximum atomic E-state index is 13.5. The quantitative estimate of drug-likeness (QED) is 0.143. The van der Waals surface area contributed by atoms with Crippen molar-refractivity contribution in [2.24, 2.45) is 5.92 Å². The van der Waals surface area contributed by atoms with Gasteiger partial charge in [0.1, 0.15) is 17.1 Å². The van der Waals surface area contributed by atoms with E-state index in [4.69, 9.17) is 9.84 Å². The van der Waals surface area contributed by atoms with Crippen molar-refractivity contribution in [1.29, 1.82) is 0 Å². The molecule has 16 heteroatoms. The number of benzene rings is 2. The predicted octanol–water partition coefficient (Wildman–Crippen LogP) is 7.34. The number of piperidine rings is 2. The molecule has 0 atom stereocenters. The molecule has 0 radical (unpaired) electrons. The summed E-state index contributed by atoms with van der Waals surface area (Å²) in [6, 6.07) is 11.7. The Balaban J connectivity index is 0.890. The Morgan fingerprint density at radius 2 is 1.76 bits per heavy atom. The van der Waals surface area contributed by atoms with E-state index in [1.807, 2.05) is 15.8 Å². The van der Waals surface area contributed by atoms with E-state index in [2.05, 4.69) is 27.1 Å². The lowest BCUT2D eigenvalue weighted by molar-refractivity contribution is -0.141. The fourth-order valence-corrected chi connectivity index (χ4v) is 8.30. The SMILES string of the molecule is C=C1CCN(c2cc(C(=O)N3CCC(CCCN4CCC(n5cc6cc(NC(=O)c7cccc(C(F)(F)F)n7)c(C(C)(C)O)cc6n5)CC4)CC3)ccc2OC)C(=O)N1. The molecular weight excluding hydrogens is 766 g/mol. The molecule has 4 aromatic rings. The summed E-state index contributed by atoms with van der Waals surface area (Å²) in [6.45, 7) is 11.7. The average Bonchev–Trinajstić information content (AvgIpc) is 3.63. The highest BCUT2D eigenvalue weighted by Gasteiger charge is 2.34. The van der Waals surface area contributed by atoms with Gasteiger partial charge in [-0.15, -0.1) is 0 Å². The van der Waals surface area contributed by atoms with Gasteiger partial charge >= 0.3 is 12.2 Å². The van der Waals surface area contributed by atoms with Crippen LogP contribution in [0.3, 0.4) is 0 Å². The zero-order chi connectivity index (χ0) is 42.1. The Morgan fingerprint density at radius 1 is 1.02 bits per heavy atom. The third kappa shape index (κ3) is 9.54. The van der Waals surface area contributed by atoms with E-state index in [0.29, 0.717) is 65.8 Å². The Morgan fingerprint density at radius 3 is 2.44 bits per heavy atom. The molecule has 5 heterocycles. The van der Waals surface area contributed by atoms with Gasteiger partial charge in [0.05, 0.1) is 30.0 Å². The second kappa shape index (κ2) is 17.0. The van der Waals surface area contributed by atoms with Crippen molar-refractivity contribution in [2.45, 2.75) is 76.6 Å². The van der Waals surface area contributed by atoms with Gasteiger partial charge in [-0.1, -0.05) is 12.6 Å². The number of alkyl halides is 3. The number of amides is 4. The number of nitrogens with one attached hydrogen (secondary N) is 2. The molecule has 3 aliphatic rings. The molecule has 0 spiro atoms. The summed E-state index contributed by atoms with van der Waals surface area (Å²) in [5.41, 5.74) is 0.120. The molecule has 3 N–H and O–H groups in total. The smallest absolute Gasteiger partial charge is 0.433 e. The highest BCUT2D eigenvalue weighted by Crippen LogP contribution is 2.35. The topological polar surface area (TPSA) is 145 Å². The summed E-state index contributed by atoms with van der Waals surface area (Å²) in [5, 5.41) is 22.0. The molecule has 3 saturated heterocycles. The summed E-state index contributed by atoms with van der Waals surface area (Å²) in [4.78, 5) is 48.7. The first-order chi connectivity index (χ1) is 28.1. The minimum absolute atomic E-state index is 0.0430. The van der Waals surface area contributed by atoms with Crippen molar-refractivity contribution < 1.29 is 37.4 Å². The highest BCUT2D eigenvalue weighted by atomic mass is 19.4. The summed E-state index contributed by atoms with van der Waals surface area (Å²) in [5.74, 6) is 0.218. The van der Waals surface area contributed by atoms with Crippen LogP contribution in [0.15, 0.2) is 67.0 Å². The molecule has 59 heavy (non-hydrogen) atoms. The average molecular weight is 817 g/mol. The predicted molar refractivity (Wildman–Crippen MR) is 217 cm³/mol. The molecule has 4 amide bonds. The minimum atomic E-state index is -4.69. The van der Waals surface area contributed by atoms with Gasteiger partial charge in [-0.2, -0.15) is 18.3 Å². The second-order valence-corrected chi connectivity index (χ2v) is 16.3. The molecule has 0 bridgehead atoms. The van der Waals surface area contributed by atoms with Crippen molar-refractivity contribution in [3.63, 3.8) is 0 Å². The number of aromatic nitrogens is 3. The number of anilines is 2. The lowest BCUT2D eigenvalue weighted by atomic mass is 9.91. The fraction of sp³-hybridized carbons (Fsp3) is 0.465. The molecule has 0 unspecified atom stereocenters. The third-order valence-corrected chi connectivity index (χ3v) is 11.6. The van der Waals surface area contributed by atoms with Gasteiger partial charge in [0.15, 0.2) is 0 Å². The van der Waals surface area contributed by atoms with Crippen molar-refractivity contribution in [2.75, 3.05) is 56.6 Å². The summed E-state index contributed by atoms with van der Waals surface area (Å²) < 4.78 is 47.2. The summed E-state index contributed by atoms with van der Waals surface area (Å²) in [6.07, 6.45) is 3.71. The van der Waals surface area contributed by atoms with Crippen LogP contribution in [0.4, 0.5) is 29.3 Å². The second-order valence-electron chi connectivity index (χ2n) is 16.3. The lowest BCUT2D eigenvalue weighted by Gasteiger charge is -2.34. The third-order valence-electron chi connectivity index (χ3n) is 11.6. The van der Waals surface area contributed by atoms with Gasteiger partial charge < -0.3 is 30.3 Å². The van der Waals surface area contributed by atoms with E-state index in [1.54, 1.807) is 56.2 Å². The molecule has 314 valence electrons. The van der Waals surface area contributed by atoms with Crippen molar-refractivity contribution in [3.8, 4) is 5.75 Å². The van der Waals surface area contributed by atoms with Gasteiger partial charge in [-0.3, -0.25) is 19.2 Å². The number of nitrogens with zero attached hydrogens (tertiary/aromatic N) is 6. The number of urea groups is 1. The molecule has 0 aliphatic carbocycles. The van der Waals surface area contributed by atoms with Crippen LogP contribution in [0.1, 0.15) is 96.9 Å². The van der Waals surface area contributed by atoms with Gasteiger partial charge in [-0.05, 0) is 107 Å². The van der Waals surface area contributed by atoms with E-state index in [9.17, 15) is 32.7 Å². The number of carbonyl (C=O) groups excluding carboxylic acids is 3. The molecule has 2 aromatic carbocycles. The number of pyridine rings is 1. The number of carbonyl (C=O) groups is 3. The van der Waals surface area contributed by atoms with Gasteiger partial charge in [-0.25, -0.2) is 9.78 Å². The van der Waals surface area contributed by atoms with Crippen LogP contribution < -0.4 is 20.3 Å². The zero-order valence-corrected chi connectivity index (χ0v) is 33.6. The number of hydrogen-bond donors (Lipinski definition) is 3. The number of hydrogen-bond acceptors (Lipinski definition) is 8. The molecule has 13 nitrogen and oxygen atoms in total. The van der Waals surface area contributed by atoms with Crippen LogP contribution in [0, 0.1) is 5.92 Å². The van der Waals surface area contributed by atoms with Crippen LogP contribution >= 0.6 is 0 Å². The molecular formula is C43H51F3N8O5. The van der Waals surface area contributed by atoms with Crippen LogP contribution in [0.5, 0.6) is 5.75 Å². The van der Waals surface area contributed by atoms with Crippen LogP contribution in [0.2, 0.25) is 0 Å². The van der Waals surface area contributed by atoms with Gasteiger partial charge in [0, 0.05) is 73.2 Å². The van der Waals surface area contributed by atoms with Gasteiger partial charge in [0.2, 0.25) is 0 Å². The summed E-state index contributed by atoms with van der Waals surface area (Å²) >= 11 is 0. The number of likely N-dealkylation sites (tertiary alicyclic amines) is 2. The Labute approximate surface area is 341 Å². The van der Waals surface area contributed by atoms with Crippen molar-refractivity contribution in [1.82, 2.24) is 29.9 Å². The first-order valence-electron chi connectivity index (χ1n) is 20.1. The van der Waals surface area contributed by atoms with Crippen molar-refractivity contribution >= 4 is 40.1 Å². The Hall–Kier alpha value is -5.48. The maximum Gasteiger partial charge on any atom is 0.433 e. The molecule has 0 saturated carbocycles. The van der Waals surface area contributed by atoms with E-state index in [0.717, 1.165) is 75.7 Å². The van der Waals surface area contributed by atoms with E-state index >= 15 is 0 Å². The maximum absolute atomic E-state index is 13.5. The standard InChI is InChI=1S/C43H51F3N8O5/c1-27-12-22-53(41(57)47-27)36-24-29(10-11-37(36)59-4)40(56)52-20-13-28(14-21-52)7-6-17-51-18-15-31(16-19-51)54-26-30-23-35(32(42(2,3)58)25-34(30)50-54)49-39(55)33-8-5-9-38(48-33)43(44,45)46/h5,8-11,23-26,28,31,58H,1,6-7,12-22H2,2-4H3,(H,47,57)(H,49,55). The Bertz CT molecular complexity index is 2220. The van der Waals surface area contributed by atoms with Crippen LogP contribution in [-0.2, 0) is 11.8 Å². The van der Waals surface area contributed by atoms with E-state index in [1.165, 1.54) is 6.07 Å². The normalized spacial score (nSPS) is 17.7. The monoisotopic (exact) mass is 816 g/mol. The molecule has 3 fully saturated rings. The number of aliphatic hydroxyl groups is 1. The number of rotatable bonds is 11. The molecule has 3 aliphatic heterocycles. The van der Waals surface area contributed by atoms with Crippen LogP contribution in [0.25, 0.3) is 10.9 Å². The number of halogens is 3. The number of ether oxygens (including phenoxy) is 1. The lowest BCUT2D eigenvalue weighted by Crippen LogP contribution is -2.45. The van der Waals surface area contributed by atoms with Gasteiger partial charge in [0.25, 0.3) is 11.8 Å². The number of methoxy groups -OCH3 is 1. The highest BCUT2D eigenvalue weighted by molar-refractivity contribution is 6.04. The van der Waals surface area contributed by atoms with Crippen molar-refractivity contribution in [3.05, 3.63) is 89.5 Å². The van der Waals surface area contributed by atoms with E-state index < -0.39 is 23.4 Å². The first kappa shape index (κ1) is 41.7.